The molecule has 1 heterocycles. The Kier molecular flexibility index (Phi) is 4.70. The summed E-state index contributed by atoms with van der Waals surface area (Å²) in [7, 11) is 2.31. The summed E-state index contributed by atoms with van der Waals surface area (Å²) in [5.74, 6) is 0. The first kappa shape index (κ1) is 14.2. The van der Waals surface area contributed by atoms with Gasteiger partial charge in [-0.05, 0) is 42.4 Å². The molecule has 0 aliphatic heterocycles. The minimum Gasteiger partial charge on any atom is -0.361 e. The normalized spacial score (nSPS) is 14.8. The number of nitrogens with zero attached hydrogens (tertiary/aromatic N) is 1. The zero-order chi connectivity index (χ0) is 13.8. The van der Waals surface area contributed by atoms with Crippen LogP contribution in [0.2, 0.25) is 0 Å². The van der Waals surface area contributed by atoms with Crippen LogP contribution in [0, 0.1) is 0 Å². The van der Waals surface area contributed by atoms with Crippen LogP contribution in [0.4, 0.5) is 0 Å². The predicted molar refractivity (Wildman–Crippen MR) is 85.0 cm³/mol. The van der Waals surface area contributed by atoms with Gasteiger partial charge in [-0.3, -0.25) is 0 Å². The highest BCUT2D eigenvalue weighted by Gasteiger charge is 2.19. The van der Waals surface area contributed by atoms with Crippen molar-refractivity contribution in [3.05, 3.63) is 30.5 Å². The topological polar surface area (TPSA) is 19.0 Å². The van der Waals surface area contributed by atoms with Gasteiger partial charge in [0.15, 0.2) is 0 Å². The molecule has 3 heteroatoms. The van der Waals surface area contributed by atoms with Crippen LogP contribution < -0.4 is 5.46 Å². The number of aromatic nitrogens is 1. The molecular weight excluding hydrogens is 231 g/mol. The van der Waals surface area contributed by atoms with Crippen molar-refractivity contribution in [2.24, 2.45) is 0 Å². The van der Waals surface area contributed by atoms with Crippen LogP contribution >= 0.6 is 0 Å². The summed E-state index contributed by atoms with van der Waals surface area (Å²) in [6.07, 6.45) is 4.34. The van der Waals surface area contributed by atoms with Gasteiger partial charge in [-0.15, -0.1) is 0 Å². The lowest BCUT2D eigenvalue weighted by atomic mass is 9.77. The molecule has 2 unspecified atom stereocenters. The Morgan fingerprint density at radius 1 is 1.11 bits per heavy atom. The maximum absolute atomic E-state index is 3.28. The fourth-order valence-corrected chi connectivity index (χ4v) is 2.43. The highest BCUT2D eigenvalue weighted by atomic mass is 15.1. The number of benzene rings is 1. The average molecular weight is 255 g/mol. The minimum atomic E-state index is 0.578. The molecule has 2 atom stereocenters. The summed E-state index contributed by atoms with van der Waals surface area (Å²) in [6.45, 7) is 9.11. The zero-order valence-electron chi connectivity index (χ0n) is 12.5. The van der Waals surface area contributed by atoms with Gasteiger partial charge in [0.2, 0.25) is 7.41 Å². The zero-order valence-corrected chi connectivity index (χ0v) is 12.5. The molecule has 1 N–H and O–H groups in total. The molecule has 0 fully saturated rings. The van der Waals surface area contributed by atoms with Crippen molar-refractivity contribution in [3.63, 3.8) is 0 Å². The van der Waals surface area contributed by atoms with Gasteiger partial charge in [0.25, 0.3) is 0 Å². The third kappa shape index (κ3) is 3.21. The third-order valence-electron chi connectivity index (χ3n) is 4.08. The van der Waals surface area contributed by atoms with Crippen LogP contribution in [-0.2, 0) is 0 Å². The first-order valence-corrected chi connectivity index (χ1v) is 7.35. The first-order chi connectivity index (χ1) is 9.15. The minimum absolute atomic E-state index is 0.578. The monoisotopic (exact) mass is 255 g/mol. The van der Waals surface area contributed by atoms with E-state index >= 15 is 0 Å². The summed E-state index contributed by atoms with van der Waals surface area (Å²) < 4.78 is 0. The lowest BCUT2D eigenvalue weighted by molar-refractivity contribution is 0.271. The molecule has 2 nitrogen and oxygen atoms in total. The first-order valence-electron chi connectivity index (χ1n) is 7.35. The lowest BCUT2D eigenvalue weighted by Gasteiger charge is -2.33. The number of nitrogens with one attached hydrogen (secondary N) is 1. The average Bonchev–Trinajstić information content (AvgIpc) is 2.90. The summed E-state index contributed by atoms with van der Waals surface area (Å²) in [5, 5.41) is 1.27. The maximum Gasteiger partial charge on any atom is 0.248 e. The Balaban J connectivity index is 2.19. The number of hydrogen-bond donors (Lipinski definition) is 1. The fourth-order valence-electron chi connectivity index (χ4n) is 2.43. The molecule has 0 bridgehead atoms. The number of H-pyrrole nitrogens is 1. The molecule has 1 aromatic carbocycles. The molecular formula is C16H24BN2. The number of rotatable bonds is 6. The fraction of sp³-hybridized carbons (Fsp3) is 0.500. The van der Waals surface area contributed by atoms with E-state index in [4.69, 9.17) is 0 Å². The van der Waals surface area contributed by atoms with Gasteiger partial charge in [0, 0.05) is 11.7 Å². The van der Waals surface area contributed by atoms with Gasteiger partial charge in [-0.1, -0.05) is 45.3 Å². The molecule has 0 spiro atoms. The second-order valence-electron chi connectivity index (χ2n) is 5.42. The lowest BCUT2D eigenvalue weighted by Crippen LogP contribution is -2.46. The highest BCUT2D eigenvalue weighted by Crippen LogP contribution is 2.12. The Morgan fingerprint density at radius 3 is 2.42 bits per heavy atom. The van der Waals surface area contributed by atoms with E-state index in [1.165, 1.54) is 29.2 Å². The Morgan fingerprint density at radius 2 is 1.79 bits per heavy atom. The molecule has 0 amide bonds. The second-order valence-corrected chi connectivity index (χ2v) is 5.42. The number of hydrogen-bond acceptors (Lipinski definition) is 1. The molecule has 0 saturated carbocycles. The summed E-state index contributed by atoms with van der Waals surface area (Å²) in [4.78, 5) is 5.77. The van der Waals surface area contributed by atoms with Crippen molar-refractivity contribution in [1.82, 2.24) is 9.79 Å². The number of fused-ring (bicyclic) bond motifs is 1. The molecule has 19 heavy (non-hydrogen) atoms. The Labute approximate surface area is 117 Å². The van der Waals surface area contributed by atoms with Crippen molar-refractivity contribution < 1.29 is 0 Å². The maximum atomic E-state index is 3.28. The van der Waals surface area contributed by atoms with E-state index in [1.54, 1.807) is 0 Å². The van der Waals surface area contributed by atoms with Crippen molar-refractivity contribution >= 4 is 23.8 Å². The van der Waals surface area contributed by atoms with Crippen LogP contribution in [0.5, 0.6) is 0 Å². The predicted octanol–water partition coefficient (Wildman–Crippen LogP) is 3.31. The van der Waals surface area contributed by atoms with Crippen LogP contribution in [-0.4, -0.2) is 29.3 Å². The van der Waals surface area contributed by atoms with Crippen LogP contribution in [0.1, 0.15) is 40.5 Å². The Hall–Kier alpha value is -1.22. The van der Waals surface area contributed by atoms with Gasteiger partial charge in [0.1, 0.15) is 0 Å². The number of aromatic amines is 1. The van der Waals surface area contributed by atoms with E-state index in [-0.39, 0.29) is 0 Å². The van der Waals surface area contributed by atoms with Crippen molar-refractivity contribution in [2.75, 3.05) is 0 Å². The second kappa shape index (κ2) is 6.29. The van der Waals surface area contributed by atoms with E-state index in [1.807, 2.05) is 6.20 Å². The molecule has 1 aromatic heterocycles. The third-order valence-corrected chi connectivity index (χ3v) is 4.08. The standard InChI is InChI=1S/C16H24BN2/c1-5-12(3)19(13(4)6-2)17-15-8-7-14-9-10-18-16(14)11-15/h7-13,18H,5-6H2,1-4H3. The van der Waals surface area contributed by atoms with Gasteiger partial charge < -0.3 is 9.79 Å². The van der Waals surface area contributed by atoms with E-state index in [0.29, 0.717) is 12.1 Å². The van der Waals surface area contributed by atoms with Crippen LogP contribution in [0.3, 0.4) is 0 Å². The molecule has 2 rings (SSSR count). The highest BCUT2D eigenvalue weighted by molar-refractivity contribution is 6.51. The van der Waals surface area contributed by atoms with Crippen LogP contribution in [0.15, 0.2) is 30.5 Å². The van der Waals surface area contributed by atoms with E-state index < -0.39 is 0 Å². The molecule has 0 aliphatic rings. The summed E-state index contributed by atoms with van der Waals surface area (Å²) in [6, 6.07) is 9.88. The largest absolute Gasteiger partial charge is 0.361 e. The molecule has 101 valence electrons. The van der Waals surface area contributed by atoms with Crippen molar-refractivity contribution in [2.45, 2.75) is 52.6 Å². The SMILES string of the molecule is CCC(C)N([B]c1ccc2cc[nH]c2c1)C(C)CC. The van der Waals surface area contributed by atoms with Gasteiger partial charge in [-0.2, -0.15) is 0 Å². The molecule has 2 aromatic rings. The smallest absolute Gasteiger partial charge is 0.248 e. The summed E-state index contributed by atoms with van der Waals surface area (Å²) >= 11 is 0. The van der Waals surface area contributed by atoms with E-state index in [9.17, 15) is 0 Å². The van der Waals surface area contributed by atoms with Gasteiger partial charge in [-0.25, -0.2) is 0 Å². The molecule has 0 aliphatic carbocycles. The van der Waals surface area contributed by atoms with Gasteiger partial charge >= 0.3 is 0 Å². The van der Waals surface area contributed by atoms with Crippen molar-refractivity contribution in [1.29, 1.82) is 0 Å². The van der Waals surface area contributed by atoms with Crippen molar-refractivity contribution in [3.8, 4) is 0 Å². The van der Waals surface area contributed by atoms with Gasteiger partial charge in [0.05, 0.1) is 0 Å². The molecule has 0 saturated heterocycles. The molecule has 1 radical (unpaired) electrons. The quantitative estimate of drug-likeness (QED) is 0.784. The van der Waals surface area contributed by atoms with E-state index in [2.05, 4.69) is 69.2 Å². The van der Waals surface area contributed by atoms with E-state index in [0.717, 1.165) is 0 Å². The Bertz CT molecular complexity index is 510. The van der Waals surface area contributed by atoms with Crippen LogP contribution in [0.25, 0.3) is 10.9 Å². The summed E-state index contributed by atoms with van der Waals surface area (Å²) in [5.41, 5.74) is 2.48.